The summed E-state index contributed by atoms with van der Waals surface area (Å²) in [5, 5.41) is 25.8. The number of rotatable bonds is 23. The molecule has 0 saturated carbocycles. The maximum Gasteiger partial charge on any atom is 0.408 e. The highest BCUT2D eigenvalue weighted by Crippen LogP contribution is 2.28. The van der Waals surface area contributed by atoms with Crippen LogP contribution in [0.15, 0.2) is 134 Å². The van der Waals surface area contributed by atoms with Crippen LogP contribution in [0.25, 0.3) is 0 Å². The second kappa shape index (κ2) is 31.2. The van der Waals surface area contributed by atoms with Gasteiger partial charge in [-0.15, -0.1) is 0 Å². The van der Waals surface area contributed by atoms with Crippen molar-refractivity contribution in [2.24, 2.45) is 0 Å². The van der Waals surface area contributed by atoms with Crippen molar-refractivity contribution in [3.05, 3.63) is 162 Å². The predicted octanol–water partition coefficient (Wildman–Crippen LogP) is 6.65. The highest BCUT2D eigenvalue weighted by molar-refractivity contribution is 5.98. The van der Waals surface area contributed by atoms with Gasteiger partial charge in [0.25, 0.3) is 5.91 Å². The molecule has 0 aliphatic carbocycles. The van der Waals surface area contributed by atoms with Crippen LogP contribution in [-0.4, -0.2) is 134 Å². The number of nitrogens with zero attached hydrogens (tertiary/aromatic N) is 1. The van der Waals surface area contributed by atoms with Gasteiger partial charge < -0.3 is 68.2 Å². The van der Waals surface area contributed by atoms with Gasteiger partial charge in [0.2, 0.25) is 0 Å². The molecule has 5 aromatic rings. The summed E-state index contributed by atoms with van der Waals surface area (Å²) in [4.78, 5) is 54.3. The smallest absolute Gasteiger partial charge is 0.408 e. The maximum absolute atomic E-state index is 13.1. The summed E-state index contributed by atoms with van der Waals surface area (Å²) in [7, 11) is 2.58. The zero-order valence-corrected chi connectivity index (χ0v) is 44.0. The van der Waals surface area contributed by atoms with Gasteiger partial charge in [0.1, 0.15) is 36.1 Å². The van der Waals surface area contributed by atoms with E-state index in [0.717, 1.165) is 22.3 Å². The number of aromatic nitrogens is 1. The molecule has 76 heavy (non-hydrogen) atoms. The van der Waals surface area contributed by atoms with Crippen molar-refractivity contribution in [3.63, 3.8) is 0 Å². The van der Waals surface area contributed by atoms with Gasteiger partial charge >= 0.3 is 18.0 Å². The van der Waals surface area contributed by atoms with Crippen molar-refractivity contribution in [3.8, 4) is 11.5 Å². The molecule has 19 heteroatoms. The number of hydrogen-bond donors (Lipinski definition) is 4. The van der Waals surface area contributed by atoms with Gasteiger partial charge in [-0.25, -0.2) is 19.4 Å². The highest BCUT2D eigenvalue weighted by Gasteiger charge is 2.37. The molecule has 1 aliphatic heterocycles. The van der Waals surface area contributed by atoms with E-state index in [9.17, 15) is 29.4 Å². The van der Waals surface area contributed by atoms with Crippen LogP contribution in [0, 0.1) is 0 Å². The van der Waals surface area contributed by atoms with Gasteiger partial charge in [0.05, 0.1) is 73.2 Å². The fourth-order valence-electron chi connectivity index (χ4n) is 7.53. The predicted molar refractivity (Wildman–Crippen MR) is 278 cm³/mol. The Hall–Kier alpha value is -6.97. The Labute approximate surface area is 444 Å². The number of aliphatic hydroxyl groups is 1. The number of hydrogen-bond acceptors (Lipinski definition) is 17. The number of aromatic hydroxyl groups is 1. The van der Waals surface area contributed by atoms with E-state index in [1.165, 1.54) is 26.5 Å². The van der Waals surface area contributed by atoms with Crippen LogP contribution in [0.3, 0.4) is 0 Å². The lowest BCUT2D eigenvalue weighted by atomic mass is 10.1. The van der Waals surface area contributed by atoms with E-state index in [1.807, 2.05) is 121 Å². The third-order valence-corrected chi connectivity index (χ3v) is 11.4. The molecule has 1 saturated heterocycles. The number of esters is 2. The number of carbonyl (C=O) groups excluding carboxylic acids is 4. The van der Waals surface area contributed by atoms with E-state index in [1.54, 1.807) is 34.6 Å². The fourth-order valence-corrected chi connectivity index (χ4v) is 7.53. The lowest BCUT2D eigenvalue weighted by molar-refractivity contribution is -0.170. The molecule has 0 spiro atoms. The molecule has 6 rings (SSSR count). The largest absolute Gasteiger partial charge is 0.503 e. The summed E-state index contributed by atoms with van der Waals surface area (Å²) in [5.74, 6) is -2.53. The Morgan fingerprint density at radius 1 is 0.750 bits per heavy atom. The second-order valence-corrected chi connectivity index (χ2v) is 18.6. The second-order valence-electron chi connectivity index (χ2n) is 18.6. The summed E-state index contributed by atoms with van der Waals surface area (Å²) in [6.07, 6.45) is -3.68. The van der Waals surface area contributed by atoms with Crippen molar-refractivity contribution in [1.82, 2.24) is 15.6 Å². The average Bonchev–Trinajstić information content (AvgIpc) is 3.46. The first-order chi connectivity index (χ1) is 36.5. The molecule has 2 amide bonds. The molecule has 8 atom stereocenters. The van der Waals surface area contributed by atoms with E-state index in [0.29, 0.717) is 6.61 Å². The molecule has 0 radical (unpaired) electrons. The van der Waals surface area contributed by atoms with Crippen molar-refractivity contribution < 1.29 is 76.8 Å². The van der Waals surface area contributed by atoms with Crippen molar-refractivity contribution in [2.45, 2.75) is 115 Å². The van der Waals surface area contributed by atoms with E-state index >= 15 is 0 Å². The number of amides is 2. The summed E-state index contributed by atoms with van der Waals surface area (Å²) in [6, 6.07) is 37.7. The standard InChI is InChI=1S/C29H32N2O8.C28H39NO8/c1-19-27(38-16-21-11-7-4-8-12-21)24(37-15-20-9-5-3-6-10-20)18-36-17-22(29(34)39-19)31-28(33)25-26(32)23(35-2)13-14-30-25;1-20(30)25(36-17-22-14-10-7-11-15-22)24(35-16-21-12-8-6-9-13-21)19-34-18-23(26(31)33-5)29-27(32)37-28(2,3)4/h3-14,19,22,24,27,32H,15-18H2,1-2H3,(H,31,33);6-15,20,23-25,30H,16-19H2,1-5H3,(H,29,32)/t19-,22-,24-,27-;20-,23-,24-,25-/m00/s1. The fraction of sp³-hybridized carbons (Fsp3) is 0.421. The molecule has 410 valence electrons. The number of carbonyl (C=O) groups is 4. The zero-order chi connectivity index (χ0) is 54.9. The van der Waals surface area contributed by atoms with Crippen LogP contribution in [-0.2, 0) is 78.6 Å². The first kappa shape index (κ1) is 59.9. The van der Waals surface area contributed by atoms with Gasteiger partial charge in [-0.1, -0.05) is 121 Å². The maximum atomic E-state index is 13.1. The number of benzene rings is 4. The number of nitrogens with one attached hydrogen (secondary N) is 2. The Morgan fingerprint density at radius 2 is 1.29 bits per heavy atom. The number of aliphatic hydroxyl groups excluding tert-OH is 1. The number of methoxy groups -OCH3 is 2. The number of pyridine rings is 1. The Bertz CT molecular complexity index is 2500. The van der Waals surface area contributed by atoms with E-state index in [2.05, 4.69) is 15.6 Å². The molecule has 1 aromatic heterocycles. The van der Waals surface area contributed by atoms with Crippen LogP contribution in [0.5, 0.6) is 11.5 Å². The quantitative estimate of drug-likeness (QED) is 0.0396. The van der Waals surface area contributed by atoms with Gasteiger partial charge in [-0.2, -0.15) is 0 Å². The summed E-state index contributed by atoms with van der Waals surface area (Å²) >= 11 is 0. The minimum atomic E-state index is -1.16. The van der Waals surface area contributed by atoms with Crippen LogP contribution >= 0.6 is 0 Å². The number of alkyl carbamates (subject to hydrolysis) is 1. The molecule has 2 heterocycles. The third kappa shape index (κ3) is 20.3. The molecule has 0 bridgehead atoms. The topological polar surface area (TPSA) is 238 Å². The average molecular weight is 1050 g/mol. The summed E-state index contributed by atoms with van der Waals surface area (Å²) in [6.45, 7) is 9.31. The van der Waals surface area contributed by atoms with Crippen LogP contribution in [0.1, 0.15) is 67.4 Å². The highest BCUT2D eigenvalue weighted by atomic mass is 16.6. The van der Waals surface area contributed by atoms with Crippen molar-refractivity contribution >= 4 is 23.9 Å². The van der Waals surface area contributed by atoms with Gasteiger partial charge in [0.15, 0.2) is 29.3 Å². The lowest BCUT2D eigenvalue weighted by Crippen LogP contribution is -2.48. The number of cyclic esters (lactones) is 1. The van der Waals surface area contributed by atoms with E-state index < -0.39 is 84.0 Å². The lowest BCUT2D eigenvalue weighted by Gasteiger charge is -2.30. The Morgan fingerprint density at radius 3 is 1.82 bits per heavy atom. The molecule has 0 unspecified atom stereocenters. The molecular weight excluding hydrogens is 983 g/mol. The van der Waals surface area contributed by atoms with E-state index in [-0.39, 0.29) is 57.7 Å². The normalized spacial score (nSPS) is 18.3. The molecular formula is C57H71N3O16. The Kier molecular flexibility index (Phi) is 24.6. The van der Waals surface area contributed by atoms with Crippen molar-refractivity contribution in [2.75, 3.05) is 40.6 Å². The third-order valence-electron chi connectivity index (χ3n) is 11.4. The summed E-state index contributed by atoms with van der Waals surface area (Å²) < 4.78 is 57.0. The minimum absolute atomic E-state index is 0.0132. The molecule has 19 nitrogen and oxygen atoms in total. The van der Waals surface area contributed by atoms with Gasteiger partial charge in [0, 0.05) is 12.3 Å². The van der Waals surface area contributed by atoms with E-state index in [4.69, 9.17) is 47.4 Å². The first-order valence-corrected chi connectivity index (χ1v) is 24.8. The number of ether oxygens (including phenoxy) is 10. The molecule has 4 aromatic carbocycles. The minimum Gasteiger partial charge on any atom is -0.503 e. The van der Waals surface area contributed by atoms with Crippen LogP contribution < -0.4 is 15.4 Å². The Balaban J connectivity index is 0.000000281. The molecule has 1 fully saturated rings. The van der Waals surface area contributed by atoms with Gasteiger partial charge in [-0.3, -0.25) is 4.79 Å². The van der Waals surface area contributed by atoms with Crippen LogP contribution in [0.4, 0.5) is 4.79 Å². The molecule has 1 aliphatic rings. The zero-order valence-electron chi connectivity index (χ0n) is 44.0. The summed E-state index contributed by atoms with van der Waals surface area (Å²) in [5.41, 5.74) is 2.79. The molecule has 4 N–H and O–H groups in total. The SMILES string of the molecule is COC(=O)[C@H](COC[C@H](OCc1ccccc1)[C@@H](OCc1ccccc1)[C@H](C)O)NC(=O)OC(C)(C)C.COc1ccnc(C(=O)N[C@H]2COC[C@H](OCc3ccccc3)[C@@H](OCc3ccccc3)[C@H](C)OC2=O)c1O. The first-order valence-electron chi connectivity index (χ1n) is 24.8. The van der Waals surface area contributed by atoms with Crippen LogP contribution in [0.2, 0.25) is 0 Å². The van der Waals surface area contributed by atoms with Gasteiger partial charge in [-0.05, 0) is 56.9 Å². The van der Waals surface area contributed by atoms with Crippen molar-refractivity contribution in [1.29, 1.82) is 0 Å². The monoisotopic (exact) mass is 1050 g/mol.